The Bertz CT molecular complexity index is 714. The quantitative estimate of drug-likeness (QED) is 0.849. The van der Waals surface area contributed by atoms with E-state index in [9.17, 15) is 18.0 Å². The van der Waals surface area contributed by atoms with E-state index >= 15 is 0 Å². The summed E-state index contributed by atoms with van der Waals surface area (Å²) in [7, 11) is -2.23. The van der Waals surface area contributed by atoms with Crippen LogP contribution in [0.1, 0.15) is 18.4 Å². The summed E-state index contributed by atoms with van der Waals surface area (Å²) < 4.78 is 26.8. The number of hydrogen-bond acceptors (Lipinski definition) is 4. The largest absolute Gasteiger partial charge is 0.480 e. The van der Waals surface area contributed by atoms with E-state index in [1.54, 1.807) is 24.3 Å². The van der Waals surface area contributed by atoms with Gasteiger partial charge in [-0.05, 0) is 31.9 Å². The molecule has 0 aliphatic carbocycles. The molecule has 0 saturated carbocycles. The normalized spacial score (nSPS) is 19.0. The van der Waals surface area contributed by atoms with Crippen LogP contribution < -0.4 is 0 Å². The first-order chi connectivity index (χ1) is 11.2. The zero-order valence-electron chi connectivity index (χ0n) is 13.8. The lowest BCUT2D eigenvalue weighted by Gasteiger charge is -2.32. The highest BCUT2D eigenvalue weighted by molar-refractivity contribution is 7.89. The Morgan fingerprint density at radius 2 is 1.92 bits per heavy atom. The first-order valence-corrected chi connectivity index (χ1v) is 9.19. The Morgan fingerprint density at radius 1 is 1.29 bits per heavy atom. The van der Waals surface area contributed by atoms with Crippen LogP contribution in [-0.4, -0.2) is 61.3 Å². The van der Waals surface area contributed by atoms with Crippen molar-refractivity contribution in [2.24, 2.45) is 5.92 Å². The van der Waals surface area contributed by atoms with Crippen molar-refractivity contribution in [2.75, 3.05) is 26.7 Å². The number of benzene rings is 1. The third-order valence-electron chi connectivity index (χ3n) is 4.14. The molecule has 1 unspecified atom stereocenters. The molecule has 0 radical (unpaired) electrons. The Hall–Kier alpha value is -1.93. The minimum atomic E-state index is -3.65. The second-order valence-electron chi connectivity index (χ2n) is 6.10. The fourth-order valence-electron chi connectivity index (χ4n) is 2.81. The van der Waals surface area contributed by atoms with Crippen LogP contribution in [0.2, 0.25) is 0 Å². The zero-order chi connectivity index (χ0) is 17.9. The van der Waals surface area contributed by atoms with Gasteiger partial charge in [-0.2, -0.15) is 4.31 Å². The van der Waals surface area contributed by atoms with E-state index < -0.39 is 21.9 Å². The molecule has 1 aromatic carbocycles. The van der Waals surface area contributed by atoms with Gasteiger partial charge in [-0.1, -0.05) is 17.7 Å². The van der Waals surface area contributed by atoms with Gasteiger partial charge in [0.25, 0.3) is 0 Å². The highest BCUT2D eigenvalue weighted by atomic mass is 32.2. The van der Waals surface area contributed by atoms with Gasteiger partial charge in [0.05, 0.1) is 10.8 Å². The van der Waals surface area contributed by atoms with Crippen LogP contribution in [0.15, 0.2) is 29.2 Å². The third kappa shape index (κ3) is 4.12. The topological polar surface area (TPSA) is 95.0 Å². The first kappa shape index (κ1) is 18.4. The van der Waals surface area contributed by atoms with Gasteiger partial charge in [0.1, 0.15) is 6.54 Å². The molecular formula is C16H22N2O5S. The lowest BCUT2D eigenvalue weighted by atomic mass is 9.98. The Balaban J connectivity index is 2.13. The van der Waals surface area contributed by atoms with Crippen LogP contribution in [0.4, 0.5) is 0 Å². The maximum atomic E-state index is 12.7. The van der Waals surface area contributed by atoms with E-state index in [0.29, 0.717) is 19.4 Å². The number of rotatable bonds is 5. The summed E-state index contributed by atoms with van der Waals surface area (Å²) in [5, 5.41) is 8.78. The monoisotopic (exact) mass is 354 g/mol. The fourth-order valence-corrected chi connectivity index (χ4v) is 4.34. The van der Waals surface area contributed by atoms with Crippen LogP contribution in [0.5, 0.6) is 0 Å². The van der Waals surface area contributed by atoms with Gasteiger partial charge in [0.15, 0.2) is 0 Å². The Labute approximate surface area is 141 Å². The molecular weight excluding hydrogens is 332 g/mol. The molecule has 24 heavy (non-hydrogen) atoms. The molecule has 1 N–H and O–H groups in total. The molecule has 0 spiro atoms. The molecule has 0 bridgehead atoms. The lowest BCUT2D eigenvalue weighted by Crippen LogP contribution is -2.46. The number of piperidine rings is 1. The smallest absolute Gasteiger partial charge is 0.323 e. The van der Waals surface area contributed by atoms with Crippen molar-refractivity contribution >= 4 is 21.9 Å². The van der Waals surface area contributed by atoms with E-state index in [0.717, 1.165) is 10.5 Å². The molecule has 132 valence electrons. The number of hydrogen-bond donors (Lipinski definition) is 1. The standard InChI is InChI=1S/C16H22N2O5S/c1-12-5-7-14(8-6-12)24(22,23)18-9-3-4-13(10-18)16(21)17(2)11-15(19)20/h5-8,13H,3-4,9-11H2,1-2H3,(H,19,20). The summed E-state index contributed by atoms with van der Waals surface area (Å²) in [4.78, 5) is 24.4. The number of carboxylic acids is 1. The van der Waals surface area contributed by atoms with Crippen molar-refractivity contribution in [2.45, 2.75) is 24.7 Å². The van der Waals surface area contributed by atoms with Gasteiger partial charge in [-0.25, -0.2) is 8.42 Å². The molecule has 8 heteroatoms. The minimum absolute atomic E-state index is 0.0823. The van der Waals surface area contributed by atoms with Crippen LogP contribution in [0, 0.1) is 12.8 Å². The number of carboxylic acid groups (broad SMARTS) is 1. The average molecular weight is 354 g/mol. The first-order valence-electron chi connectivity index (χ1n) is 7.75. The zero-order valence-corrected chi connectivity index (χ0v) is 14.6. The second kappa shape index (κ2) is 7.31. The number of aryl methyl sites for hydroxylation is 1. The van der Waals surface area contributed by atoms with Crippen LogP contribution >= 0.6 is 0 Å². The fraction of sp³-hybridized carbons (Fsp3) is 0.500. The van der Waals surface area contributed by atoms with Crippen LogP contribution in [0.3, 0.4) is 0 Å². The van der Waals surface area contributed by atoms with Crippen molar-refractivity contribution in [3.63, 3.8) is 0 Å². The van der Waals surface area contributed by atoms with E-state index in [1.165, 1.54) is 11.4 Å². The number of carbonyl (C=O) groups excluding carboxylic acids is 1. The summed E-state index contributed by atoms with van der Waals surface area (Å²) in [6, 6.07) is 6.60. The highest BCUT2D eigenvalue weighted by Crippen LogP contribution is 2.25. The molecule has 1 saturated heterocycles. The van der Waals surface area contributed by atoms with Crippen LogP contribution in [0.25, 0.3) is 0 Å². The summed E-state index contributed by atoms with van der Waals surface area (Å²) >= 11 is 0. The number of aliphatic carboxylic acids is 1. The predicted octanol–water partition coefficient (Wildman–Crippen LogP) is 0.939. The Kier molecular flexibility index (Phi) is 5.61. The molecule has 2 rings (SSSR count). The third-order valence-corrected chi connectivity index (χ3v) is 6.02. The van der Waals surface area contributed by atoms with Gasteiger partial charge < -0.3 is 10.0 Å². The molecule has 7 nitrogen and oxygen atoms in total. The number of carbonyl (C=O) groups is 2. The van der Waals surface area contributed by atoms with Crippen LogP contribution in [-0.2, 0) is 19.6 Å². The van der Waals surface area contributed by atoms with Gasteiger partial charge in [-0.3, -0.25) is 9.59 Å². The van der Waals surface area contributed by atoms with Gasteiger partial charge in [0.2, 0.25) is 15.9 Å². The molecule has 1 amide bonds. The van der Waals surface area contributed by atoms with E-state index in [2.05, 4.69) is 0 Å². The van der Waals surface area contributed by atoms with Gasteiger partial charge in [0, 0.05) is 20.1 Å². The number of amides is 1. The summed E-state index contributed by atoms with van der Waals surface area (Å²) in [5.74, 6) is -1.93. The van der Waals surface area contributed by atoms with Crippen molar-refractivity contribution in [3.05, 3.63) is 29.8 Å². The van der Waals surface area contributed by atoms with E-state index in [1.807, 2.05) is 6.92 Å². The maximum absolute atomic E-state index is 12.7. The molecule has 1 aliphatic heterocycles. The lowest BCUT2D eigenvalue weighted by molar-refractivity contribution is -0.145. The van der Waals surface area contributed by atoms with E-state index in [4.69, 9.17) is 5.11 Å². The second-order valence-corrected chi connectivity index (χ2v) is 8.04. The number of sulfonamides is 1. The molecule has 0 aromatic heterocycles. The summed E-state index contributed by atoms with van der Waals surface area (Å²) in [6.45, 7) is 1.94. The van der Waals surface area contributed by atoms with Gasteiger partial charge >= 0.3 is 5.97 Å². The summed E-state index contributed by atoms with van der Waals surface area (Å²) in [5.41, 5.74) is 0.968. The highest BCUT2D eigenvalue weighted by Gasteiger charge is 2.34. The number of nitrogens with zero attached hydrogens (tertiary/aromatic N) is 2. The van der Waals surface area contributed by atoms with Gasteiger partial charge in [-0.15, -0.1) is 0 Å². The van der Waals surface area contributed by atoms with Crippen molar-refractivity contribution in [3.8, 4) is 0 Å². The maximum Gasteiger partial charge on any atom is 0.323 e. The summed E-state index contributed by atoms with van der Waals surface area (Å²) in [6.07, 6.45) is 1.13. The Morgan fingerprint density at radius 3 is 2.50 bits per heavy atom. The minimum Gasteiger partial charge on any atom is -0.480 e. The molecule has 1 heterocycles. The predicted molar refractivity (Wildman–Crippen MR) is 87.9 cm³/mol. The molecule has 1 atom stereocenters. The number of likely N-dealkylation sites (N-methyl/N-ethyl adjacent to an activating group) is 1. The van der Waals surface area contributed by atoms with Crippen molar-refractivity contribution < 1.29 is 23.1 Å². The SMILES string of the molecule is Cc1ccc(S(=O)(=O)N2CCCC(C(=O)N(C)CC(=O)O)C2)cc1. The average Bonchev–Trinajstić information content (AvgIpc) is 2.54. The van der Waals surface area contributed by atoms with E-state index in [-0.39, 0.29) is 23.9 Å². The molecule has 1 fully saturated rings. The molecule has 1 aromatic rings. The van der Waals surface area contributed by atoms with Crippen molar-refractivity contribution in [1.82, 2.24) is 9.21 Å². The molecule has 1 aliphatic rings. The van der Waals surface area contributed by atoms with Crippen molar-refractivity contribution in [1.29, 1.82) is 0 Å².